The third-order valence-corrected chi connectivity index (χ3v) is 2.79. The average Bonchev–Trinajstić information content (AvgIpc) is 2.78. The van der Waals surface area contributed by atoms with E-state index in [9.17, 15) is 0 Å². The van der Waals surface area contributed by atoms with Crippen molar-refractivity contribution in [1.82, 2.24) is 9.55 Å². The summed E-state index contributed by atoms with van der Waals surface area (Å²) in [5, 5.41) is 0. The van der Waals surface area contributed by atoms with E-state index >= 15 is 0 Å². The van der Waals surface area contributed by atoms with Gasteiger partial charge in [0.25, 0.3) is 0 Å². The molecule has 1 aromatic heterocycles. The van der Waals surface area contributed by atoms with Gasteiger partial charge in [-0.05, 0) is 30.5 Å². The monoisotopic (exact) mass is 214 g/mol. The van der Waals surface area contributed by atoms with Crippen LogP contribution in [0.1, 0.15) is 31.7 Å². The molecule has 1 aromatic carbocycles. The molecule has 0 N–H and O–H groups in total. The number of aryl methyl sites for hydroxylation is 2. The largest absolute Gasteiger partial charge is 0.304 e. The highest BCUT2D eigenvalue weighted by atomic mass is 15.1. The Bertz CT molecular complexity index is 457. The Morgan fingerprint density at radius 2 is 2.12 bits per heavy atom. The van der Waals surface area contributed by atoms with Gasteiger partial charge in [-0.2, -0.15) is 0 Å². The van der Waals surface area contributed by atoms with Crippen LogP contribution < -0.4 is 0 Å². The van der Waals surface area contributed by atoms with Crippen LogP contribution in [0.25, 0.3) is 5.69 Å². The summed E-state index contributed by atoms with van der Waals surface area (Å²) in [5.41, 5.74) is 2.59. The van der Waals surface area contributed by atoms with E-state index in [1.54, 1.807) is 0 Å². The lowest BCUT2D eigenvalue weighted by Crippen LogP contribution is -2.00. The SMILES string of the molecule is CCCc1nccn1-c1cccc(CC)c1. The first-order valence-electron chi connectivity index (χ1n) is 5.96. The molecule has 0 fully saturated rings. The minimum Gasteiger partial charge on any atom is -0.304 e. The summed E-state index contributed by atoms with van der Waals surface area (Å²) < 4.78 is 2.18. The Hall–Kier alpha value is -1.57. The van der Waals surface area contributed by atoms with Crippen molar-refractivity contribution in [2.45, 2.75) is 33.1 Å². The first-order chi connectivity index (χ1) is 7.85. The van der Waals surface area contributed by atoms with E-state index in [4.69, 9.17) is 0 Å². The fourth-order valence-corrected chi connectivity index (χ4v) is 1.90. The van der Waals surface area contributed by atoms with Gasteiger partial charge < -0.3 is 4.57 Å². The molecule has 2 nitrogen and oxygen atoms in total. The zero-order chi connectivity index (χ0) is 11.4. The third kappa shape index (κ3) is 2.16. The number of aromatic nitrogens is 2. The Labute approximate surface area is 97.0 Å². The average molecular weight is 214 g/mol. The van der Waals surface area contributed by atoms with Crippen LogP contribution in [-0.2, 0) is 12.8 Å². The van der Waals surface area contributed by atoms with Gasteiger partial charge in [0.05, 0.1) is 0 Å². The molecule has 2 aromatic rings. The van der Waals surface area contributed by atoms with Gasteiger partial charge in [-0.25, -0.2) is 4.98 Å². The van der Waals surface area contributed by atoms with E-state index in [1.165, 1.54) is 11.3 Å². The molecule has 0 unspecified atom stereocenters. The molecule has 0 saturated carbocycles. The number of hydrogen-bond donors (Lipinski definition) is 0. The van der Waals surface area contributed by atoms with Crippen LogP contribution in [0.5, 0.6) is 0 Å². The second kappa shape index (κ2) is 4.97. The molecular weight excluding hydrogens is 196 g/mol. The lowest BCUT2D eigenvalue weighted by molar-refractivity contribution is 0.808. The summed E-state index contributed by atoms with van der Waals surface area (Å²) in [5.74, 6) is 1.15. The van der Waals surface area contributed by atoms with E-state index in [-0.39, 0.29) is 0 Å². The fraction of sp³-hybridized carbons (Fsp3) is 0.357. The number of benzene rings is 1. The number of hydrogen-bond acceptors (Lipinski definition) is 1. The summed E-state index contributed by atoms with van der Waals surface area (Å²) in [7, 11) is 0. The summed E-state index contributed by atoms with van der Waals surface area (Å²) in [6.45, 7) is 4.36. The van der Waals surface area contributed by atoms with Crippen LogP contribution in [0.2, 0.25) is 0 Å². The second-order valence-corrected chi connectivity index (χ2v) is 3.99. The lowest BCUT2D eigenvalue weighted by Gasteiger charge is -2.08. The predicted molar refractivity (Wildman–Crippen MR) is 66.9 cm³/mol. The minimum atomic E-state index is 1.03. The van der Waals surface area contributed by atoms with Gasteiger partial charge in [0, 0.05) is 24.5 Å². The molecule has 84 valence electrons. The van der Waals surface area contributed by atoms with E-state index in [0.29, 0.717) is 0 Å². The maximum atomic E-state index is 4.40. The molecule has 2 heteroatoms. The molecule has 16 heavy (non-hydrogen) atoms. The topological polar surface area (TPSA) is 17.8 Å². The molecule has 0 aliphatic rings. The van der Waals surface area contributed by atoms with Crippen LogP contribution >= 0.6 is 0 Å². The van der Waals surface area contributed by atoms with Crippen molar-refractivity contribution in [2.24, 2.45) is 0 Å². The van der Waals surface area contributed by atoms with E-state index in [0.717, 1.165) is 25.1 Å². The standard InChI is InChI=1S/C14H18N2/c1-3-6-14-15-9-10-16(14)13-8-5-7-12(4-2)11-13/h5,7-11H,3-4,6H2,1-2H3. The predicted octanol–water partition coefficient (Wildman–Crippen LogP) is 3.39. The maximum absolute atomic E-state index is 4.40. The van der Waals surface area contributed by atoms with Crippen LogP contribution in [0.4, 0.5) is 0 Å². The van der Waals surface area contributed by atoms with Crippen molar-refractivity contribution in [2.75, 3.05) is 0 Å². The van der Waals surface area contributed by atoms with Gasteiger partial charge in [-0.1, -0.05) is 26.0 Å². The molecule has 1 heterocycles. The Morgan fingerprint density at radius 3 is 2.88 bits per heavy atom. The highest BCUT2D eigenvalue weighted by Crippen LogP contribution is 2.14. The van der Waals surface area contributed by atoms with Crippen LogP contribution in [0.3, 0.4) is 0 Å². The molecule has 0 radical (unpaired) electrons. The second-order valence-electron chi connectivity index (χ2n) is 3.99. The molecule has 0 atom stereocenters. The summed E-state index contributed by atoms with van der Waals surface area (Å²) in [6.07, 6.45) is 7.16. The summed E-state index contributed by atoms with van der Waals surface area (Å²) >= 11 is 0. The molecular formula is C14H18N2. The van der Waals surface area contributed by atoms with Crippen molar-refractivity contribution < 1.29 is 0 Å². The van der Waals surface area contributed by atoms with Crippen LogP contribution in [0.15, 0.2) is 36.7 Å². The van der Waals surface area contributed by atoms with Gasteiger partial charge in [-0.15, -0.1) is 0 Å². The van der Waals surface area contributed by atoms with Crippen molar-refractivity contribution >= 4 is 0 Å². The Morgan fingerprint density at radius 1 is 1.25 bits per heavy atom. The quantitative estimate of drug-likeness (QED) is 0.762. The molecule has 0 amide bonds. The van der Waals surface area contributed by atoms with Gasteiger partial charge in [0.2, 0.25) is 0 Å². The smallest absolute Gasteiger partial charge is 0.113 e. The normalized spacial score (nSPS) is 10.6. The Kier molecular flexibility index (Phi) is 3.40. The number of rotatable bonds is 4. The highest BCUT2D eigenvalue weighted by molar-refractivity contribution is 5.37. The van der Waals surface area contributed by atoms with Crippen molar-refractivity contribution in [3.63, 3.8) is 0 Å². The minimum absolute atomic E-state index is 1.03. The van der Waals surface area contributed by atoms with Crippen LogP contribution in [0, 0.1) is 0 Å². The maximum Gasteiger partial charge on any atom is 0.113 e. The van der Waals surface area contributed by atoms with Crippen molar-refractivity contribution in [1.29, 1.82) is 0 Å². The summed E-state index contributed by atoms with van der Waals surface area (Å²) in [4.78, 5) is 4.40. The molecule has 0 saturated heterocycles. The van der Waals surface area contributed by atoms with E-state index in [1.807, 2.05) is 12.4 Å². The number of nitrogens with zero attached hydrogens (tertiary/aromatic N) is 2. The van der Waals surface area contributed by atoms with Gasteiger partial charge in [-0.3, -0.25) is 0 Å². The first-order valence-corrected chi connectivity index (χ1v) is 5.96. The van der Waals surface area contributed by atoms with Crippen LogP contribution in [-0.4, -0.2) is 9.55 Å². The van der Waals surface area contributed by atoms with Gasteiger partial charge in [0.15, 0.2) is 0 Å². The van der Waals surface area contributed by atoms with Crippen molar-refractivity contribution in [3.05, 3.63) is 48.0 Å². The first kappa shape index (κ1) is 10.9. The van der Waals surface area contributed by atoms with Gasteiger partial charge >= 0.3 is 0 Å². The van der Waals surface area contributed by atoms with E-state index < -0.39 is 0 Å². The van der Waals surface area contributed by atoms with Crippen molar-refractivity contribution in [3.8, 4) is 5.69 Å². The Balaban J connectivity index is 2.37. The zero-order valence-electron chi connectivity index (χ0n) is 9.98. The fourth-order valence-electron chi connectivity index (χ4n) is 1.90. The number of imidazole rings is 1. The van der Waals surface area contributed by atoms with Gasteiger partial charge in [0.1, 0.15) is 5.82 Å². The zero-order valence-corrected chi connectivity index (χ0v) is 9.98. The third-order valence-electron chi connectivity index (χ3n) is 2.79. The molecule has 0 aliphatic carbocycles. The molecule has 0 bridgehead atoms. The molecule has 2 rings (SSSR count). The summed E-state index contributed by atoms with van der Waals surface area (Å²) in [6, 6.07) is 8.66. The lowest BCUT2D eigenvalue weighted by atomic mass is 10.1. The van der Waals surface area contributed by atoms with E-state index in [2.05, 4.69) is 47.7 Å². The molecule has 0 aliphatic heterocycles. The highest BCUT2D eigenvalue weighted by Gasteiger charge is 2.03. The molecule has 0 spiro atoms.